The Labute approximate surface area is 121 Å². The molecule has 2 rings (SSSR count). The summed E-state index contributed by atoms with van der Waals surface area (Å²) in [5, 5.41) is 4.78. The minimum absolute atomic E-state index is 0.121. The molecule has 1 unspecified atom stereocenters. The van der Waals surface area contributed by atoms with E-state index in [0.29, 0.717) is 5.56 Å². The molecule has 5 heteroatoms. The summed E-state index contributed by atoms with van der Waals surface area (Å²) in [5.41, 5.74) is 0.568. The lowest BCUT2D eigenvalue weighted by Gasteiger charge is -2.16. The Morgan fingerprint density at radius 3 is 2.55 bits per heavy atom. The van der Waals surface area contributed by atoms with E-state index >= 15 is 0 Å². The number of rotatable bonds is 5. The monoisotopic (exact) mass is 289 g/mol. The fourth-order valence-corrected chi connectivity index (χ4v) is 2.57. The minimum Gasteiger partial charge on any atom is -0.469 e. The van der Waals surface area contributed by atoms with Crippen molar-refractivity contribution < 1.29 is 14.3 Å². The molecule has 1 N–H and O–H groups in total. The van der Waals surface area contributed by atoms with Crippen molar-refractivity contribution in [2.24, 2.45) is 0 Å². The van der Waals surface area contributed by atoms with Crippen LogP contribution < -0.4 is 5.32 Å². The summed E-state index contributed by atoms with van der Waals surface area (Å²) in [6.07, 6.45) is 0.121. The van der Waals surface area contributed by atoms with E-state index in [4.69, 9.17) is 0 Å². The topological polar surface area (TPSA) is 55.4 Å². The molecule has 0 aliphatic heterocycles. The molecule has 1 heterocycles. The molecule has 0 saturated heterocycles. The van der Waals surface area contributed by atoms with Gasteiger partial charge >= 0.3 is 5.97 Å². The van der Waals surface area contributed by atoms with Crippen LogP contribution in [0.2, 0.25) is 0 Å². The highest BCUT2D eigenvalue weighted by molar-refractivity contribution is 7.10. The van der Waals surface area contributed by atoms with Gasteiger partial charge in [0.25, 0.3) is 5.91 Å². The number of benzene rings is 1. The molecule has 104 valence electrons. The molecule has 4 nitrogen and oxygen atoms in total. The van der Waals surface area contributed by atoms with Crippen molar-refractivity contribution in [2.45, 2.75) is 12.5 Å². The zero-order valence-corrected chi connectivity index (χ0v) is 11.9. The van der Waals surface area contributed by atoms with Gasteiger partial charge in [0.05, 0.1) is 19.6 Å². The summed E-state index contributed by atoms with van der Waals surface area (Å²) in [4.78, 5) is 24.6. The van der Waals surface area contributed by atoms with Crippen molar-refractivity contribution in [3.8, 4) is 0 Å². The van der Waals surface area contributed by atoms with Gasteiger partial charge in [-0.3, -0.25) is 9.59 Å². The van der Waals surface area contributed by atoms with E-state index in [2.05, 4.69) is 10.1 Å². The van der Waals surface area contributed by atoms with Crippen LogP contribution in [0.5, 0.6) is 0 Å². The third-order valence-corrected chi connectivity index (χ3v) is 3.81. The van der Waals surface area contributed by atoms with E-state index in [1.807, 2.05) is 23.6 Å². The Morgan fingerprint density at radius 1 is 1.20 bits per heavy atom. The maximum absolute atomic E-state index is 12.2. The smallest absolute Gasteiger partial charge is 0.307 e. The zero-order valence-electron chi connectivity index (χ0n) is 11.0. The SMILES string of the molecule is COC(=O)CC(NC(=O)c1ccccc1)c1cccs1. The van der Waals surface area contributed by atoms with Gasteiger partial charge in [0.2, 0.25) is 0 Å². The first-order valence-corrected chi connectivity index (χ1v) is 7.05. The quantitative estimate of drug-likeness (QED) is 0.861. The van der Waals surface area contributed by atoms with Gasteiger partial charge in [-0.25, -0.2) is 0 Å². The summed E-state index contributed by atoms with van der Waals surface area (Å²) in [5.74, 6) is -0.551. The van der Waals surface area contributed by atoms with Crippen LogP contribution >= 0.6 is 11.3 Å². The number of hydrogen-bond acceptors (Lipinski definition) is 4. The molecule has 0 aliphatic carbocycles. The number of hydrogen-bond donors (Lipinski definition) is 1. The molecule has 1 aromatic carbocycles. The zero-order chi connectivity index (χ0) is 14.4. The predicted octanol–water partition coefficient (Wildman–Crippen LogP) is 2.78. The fraction of sp³-hybridized carbons (Fsp3) is 0.200. The Kier molecular flexibility index (Phi) is 4.90. The average molecular weight is 289 g/mol. The van der Waals surface area contributed by atoms with Gasteiger partial charge < -0.3 is 10.1 Å². The molecule has 20 heavy (non-hydrogen) atoms. The number of thiophene rings is 1. The Morgan fingerprint density at radius 2 is 1.95 bits per heavy atom. The van der Waals surface area contributed by atoms with Crippen LogP contribution in [0, 0.1) is 0 Å². The predicted molar refractivity (Wildman–Crippen MR) is 77.6 cm³/mol. The van der Waals surface area contributed by atoms with Gasteiger partial charge in [0, 0.05) is 10.4 Å². The Balaban J connectivity index is 2.12. The summed E-state index contributed by atoms with van der Waals surface area (Å²) in [6.45, 7) is 0. The van der Waals surface area contributed by atoms with Crippen molar-refractivity contribution in [3.63, 3.8) is 0 Å². The Hall–Kier alpha value is -2.14. The third-order valence-electron chi connectivity index (χ3n) is 2.83. The molecule has 1 atom stereocenters. The molecule has 0 bridgehead atoms. The summed E-state index contributed by atoms with van der Waals surface area (Å²) in [6, 6.07) is 12.3. The van der Waals surface area contributed by atoms with E-state index in [0.717, 1.165) is 4.88 Å². The molecule has 0 saturated carbocycles. The van der Waals surface area contributed by atoms with Gasteiger partial charge in [-0.15, -0.1) is 11.3 Å². The highest BCUT2D eigenvalue weighted by Crippen LogP contribution is 2.23. The Bertz CT molecular complexity index is 566. The fourth-order valence-electron chi connectivity index (χ4n) is 1.79. The number of carbonyl (C=O) groups excluding carboxylic acids is 2. The van der Waals surface area contributed by atoms with Crippen molar-refractivity contribution in [1.82, 2.24) is 5.32 Å². The highest BCUT2D eigenvalue weighted by atomic mass is 32.1. The first-order chi connectivity index (χ1) is 9.70. The van der Waals surface area contributed by atoms with Crippen LogP contribution in [0.1, 0.15) is 27.7 Å². The molecule has 2 aromatic rings. The highest BCUT2D eigenvalue weighted by Gasteiger charge is 2.20. The van der Waals surface area contributed by atoms with Gasteiger partial charge in [0.1, 0.15) is 0 Å². The lowest BCUT2D eigenvalue weighted by Crippen LogP contribution is -2.29. The maximum Gasteiger partial charge on any atom is 0.307 e. The molecule has 0 fully saturated rings. The number of esters is 1. The second-order valence-corrected chi connectivity index (χ2v) is 5.17. The van der Waals surface area contributed by atoms with E-state index in [-0.39, 0.29) is 24.3 Å². The second kappa shape index (κ2) is 6.86. The third kappa shape index (κ3) is 3.68. The van der Waals surface area contributed by atoms with Crippen molar-refractivity contribution in [3.05, 3.63) is 58.3 Å². The van der Waals surface area contributed by atoms with Gasteiger partial charge in [-0.1, -0.05) is 24.3 Å². The van der Waals surface area contributed by atoms with E-state index < -0.39 is 0 Å². The van der Waals surface area contributed by atoms with Gasteiger partial charge in [-0.05, 0) is 23.6 Å². The summed E-state index contributed by atoms with van der Waals surface area (Å²) < 4.78 is 4.68. The lowest BCUT2D eigenvalue weighted by molar-refractivity contribution is -0.141. The number of nitrogens with one attached hydrogen (secondary N) is 1. The molecule has 1 aromatic heterocycles. The number of methoxy groups -OCH3 is 1. The average Bonchev–Trinajstić information content (AvgIpc) is 3.01. The summed E-state index contributed by atoms with van der Waals surface area (Å²) in [7, 11) is 1.34. The lowest BCUT2D eigenvalue weighted by atomic mass is 10.1. The van der Waals surface area contributed by atoms with Crippen molar-refractivity contribution in [2.75, 3.05) is 7.11 Å². The van der Waals surface area contributed by atoms with E-state index in [1.165, 1.54) is 18.4 Å². The minimum atomic E-state index is -0.366. The van der Waals surface area contributed by atoms with Crippen LogP contribution in [0.4, 0.5) is 0 Å². The summed E-state index contributed by atoms with van der Waals surface area (Å²) >= 11 is 1.50. The largest absolute Gasteiger partial charge is 0.469 e. The van der Waals surface area contributed by atoms with Gasteiger partial charge in [-0.2, -0.15) is 0 Å². The van der Waals surface area contributed by atoms with Gasteiger partial charge in [0.15, 0.2) is 0 Å². The normalized spacial score (nSPS) is 11.7. The molecular weight excluding hydrogens is 274 g/mol. The van der Waals surface area contributed by atoms with Crippen LogP contribution in [-0.2, 0) is 9.53 Å². The van der Waals surface area contributed by atoms with Crippen LogP contribution in [0.15, 0.2) is 47.8 Å². The number of amides is 1. The molecule has 0 aliphatic rings. The number of carbonyl (C=O) groups is 2. The van der Waals surface area contributed by atoms with E-state index in [1.54, 1.807) is 24.3 Å². The van der Waals surface area contributed by atoms with Crippen LogP contribution in [0.3, 0.4) is 0 Å². The second-order valence-electron chi connectivity index (χ2n) is 4.19. The molecule has 0 spiro atoms. The first kappa shape index (κ1) is 14.3. The molecular formula is C15H15NO3S. The first-order valence-electron chi connectivity index (χ1n) is 6.17. The van der Waals surface area contributed by atoms with E-state index in [9.17, 15) is 9.59 Å². The number of ether oxygens (including phenoxy) is 1. The van der Waals surface area contributed by atoms with Crippen LogP contribution in [0.25, 0.3) is 0 Å². The molecule has 1 amide bonds. The van der Waals surface area contributed by atoms with Crippen molar-refractivity contribution >= 4 is 23.2 Å². The van der Waals surface area contributed by atoms with Crippen molar-refractivity contribution in [1.29, 1.82) is 0 Å². The molecule has 0 radical (unpaired) electrons. The maximum atomic E-state index is 12.2. The standard InChI is InChI=1S/C15H15NO3S/c1-19-14(17)10-12(13-8-5-9-20-13)16-15(18)11-6-3-2-4-7-11/h2-9,12H,10H2,1H3,(H,16,18). The van der Waals surface area contributed by atoms with Crippen LogP contribution in [-0.4, -0.2) is 19.0 Å².